The van der Waals surface area contributed by atoms with Gasteiger partial charge in [-0.2, -0.15) is 0 Å². The van der Waals surface area contributed by atoms with Gasteiger partial charge in [-0.1, -0.05) is 6.07 Å². The van der Waals surface area contributed by atoms with Crippen LogP contribution in [0.4, 0.5) is 4.79 Å². The molecule has 0 spiro atoms. The monoisotopic (exact) mass is 360 g/mol. The molecule has 0 bridgehead atoms. The normalized spacial score (nSPS) is 11.0. The van der Waals surface area contributed by atoms with Gasteiger partial charge < -0.3 is 14.6 Å². The lowest BCUT2D eigenvalue weighted by Crippen LogP contribution is -2.40. The maximum Gasteiger partial charge on any atom is 0.417 e. The zero-order valence-electron chi connectivity index (χ0n) is 14.2. The first-order chi connectivity index (χ1) is 12.1. The third-order valence-electron chi connectivity index (χ3n) is 3.93. The lowest BCUT2D eigenvalue weighted by atomic mass is 10.1. The molecule has 0 saturated carbocycles. The van der Waals surface area contributed by atoms with E-state index in [1.54, 1.807) is 28.4 Å². The van der Waals surface area contributed by atoms with Gasteiger partial charge in [-0.25, -0.2) is 14.6 Å². The molecular weight excluding hydrogens is 340 g/mol. The molecule has 3 rings (SSSR count). The molecule has 132 valence electrons. The highest BCUT2D eigenvalue weighted by molar-refractivity contribution is 7.09. The van der Waals surface area contributed by atoms with Crippen LogP contribution in [0.3, 0.4) is 0 Å². The third kappa shape index (κ3) is 3.90. The van der Waals surface area contributed by atoms with Gasteiger partial charge in [0, 0.05) is 37.0 Å². The molecular formula is C17H20N4O3S. The fourth-order valence-corrected chi connectivity index (χ4v) is 3.37. The summed E-state index contributed by atoms with van der Waals surface area (Å²) in [4.78, 5) is 32.1. The summed E-state index contributed by atoms with van der Waals surface area (Å²) < 4.78 is 5.08. The van der Waals surface area contributed by atoms with Crippen molar-refractivity contribution in [3.8, 4) is 11.3 Å². The van der Waals surface area contributed by atoms with Gasteiger partial charge in [0.05, 0.1) is 16.2 Å². The van der Waals surface area contributed by atoms with Crippen LogP contribution < -0.4 is 11.1 Å². The number of urea groups is 1. The summed E-state index contributed by atoms with van der Waals surface area (Å²) in [5, 5.41) is 5.82. The SMILES string of the molecule is CCN(CC)C(=O)NCCc1nc(-c2ccc3[nH]c(=O)oc3c2)cs1. The summed E-state index contributed by atoms with van der Waals surface area (Å²) in [6, 6.07) is 5.46. The van der Waals surface area contributed by atoms with Gasteiger partial charge in [-0.15, -0.1) is 11.3 Å². The largest absolute Gasteiger partial charge is 0.417 e. The maximum absolute atomic E-state index is 11.9. The van der Waals surface area contributed by atoms with E-state index in [4.69, 9.17) is 4.42 Å². The minimum absolute atomic E-state index is 0.0466. The molecule has 0 atom stereocenters. The number of hydrogen-bond donors (Lipinski definition) is 2. The molecule has 0 radical (unpaired) electrons. The number of thiazole rings is 1. The number of fused-ring (bicyclic) bond motifs is 1. The Labute approximate surface area is 148 Å². The Balaban J connectivity index is 1.63. The van der Waals surface area contributed by atoms with E-state index in [2.05, 4.69) is 15.3 Å². The van der Waals surface area contributed by atoms with Crippen LogP contribution in [0.25, 0.3) is 22.4 Å². The standard InChI is InChI=1S/C17H20N4O3S/c1-3-21(4-2)16(22)18-8-7-15-19-13(10-25-15)11-5-6-12-14(9-11)24-17(23)20-12/h5-6,9-10H,3-4,7-8H2,1-2H3,(H,18,22)(H,20,23). The highest BCUT2D eigenvalue weighted by atomic mass is 32.1. The molecule has 2 heterocycles. The van der Waals surface area contributed by atoms with Crippen LogP contribution >= 0.6 is 11.3 Å². The molecule has 0 unspecified atom stereocenters. The topological polar surface area (TPSA) is 91.2 Å². The summed E-state index contributed by atoms with van der Waals surface area (Å²) in [5.41, 5.74) is 2.91. The first-order valence-corrected chi connectivity index (χ1v) is 9.09. The highest BCUT2D eigenvalue weighted by Crippen LogP contribution is 2.25. The second-order valence-electron chi connectivity index (χ2n) is 5.51. The Kier molecular flexibility index (Phi) is 5.18. The number of nitrogens with zero attached hydrogens (tertiary/aromatic N) is 2. The lowest BCUT2D eigenvalue weighted by molar-refractivity contribution is 0.203. The zero-order valence-corrected chi connectivity index (χ0v) is 15.0. The van der Waals surface area contributed by atoms with Crippen LogP contribution in [0.15, 0.2) is 32.8 Å². The molecule has 2 aromatic heterocycles. The maximum atomic E-state index is 11.9. The van der Waals surface area contributed by atoms with Crippen molar-refractivity contribution in [3.63, 3.8) is 0 Å². The number of benzene rings is 1. The number of nitrogens with one attached hydrogen (secondary N) is 2. The number of hydrogen-bond acceptors (Lipinski definition) is 5. The second kappa shape index (κ2) is 7.52. The third-order valence-corrected chi connectivity index (χ3v) is 4.84. The van der Waals surface area contributed by atoms with Crippen LogP contribution in [-0.4, -0.2) is 40.5 Å². The average Bonchev–Trinajstić information content (AvgIpc) is 3.20. The zero-order chi connectivity index (χ0) is 17.8. The van der Waals surface area contributed by atoms with Crippen molar-refractivity contribution in [2.75, 3.05) is 19.6 Å². The van der Waals surface area contributed by atoms with Crippen LogP contribution in [0.2, 0.25) is 0 Å². The highest BCUT2D eigenvalue weighted by Gasteiger charge is 2.10. The lowest BCUT2D eigenvalue weighted by Gasteiger charge is -2.18. The number of carbonyl (C=O) groups is 1. The fourth-order valence-electron chi connectivity index (χ4n) is 2.56. The Hall–Kier alpha value is -2.61. The summed E-state index contributed by atoms with van der Waals surface area (Å²) in [5.74, 6) is -0.463. The molecule has 2 amide bonds. The molecule has 25 heavy (non-hydrogen) atoms. The number of H-pyrrole nitrogens is 1. The molecule has 0 saturated heterocycles. The van der Waals surface area contributed by atoms with Crippen molar-refractivity contribution in [2.45, 2.75) is 20.3 Å². The Morgan fingerprint density at radius 2 is 2.16 bits per heavy atom. The number of oxazole rings is 1. The van der Waals surface area contributed by atoms with Gasteiger partial charge in [-0.3, -0.25) is 4.98 Å². The average molecular weight is 360 g/mol. The smallest absolute Gasteiger partial charge is 0.408 e. The molecule has 8 heteroatoms. The first-order valence-electron chi connectivity index (χ1n) is 8.21. The van der Waals surface area contributed by atoms with Crippen LogP contribution in [0, 0.1) is 0 Å². The Morgan fingerprint density at radius 3 is 2.92 bits per heavy atom. The summed E-state index contributed by atoms with van der Waals surface area (Å²) in [7, 11) is 0. The van der Waals surface area contributed by atoms with Crippen molar-refractivity contribution >= 4 is 28.5 Å². The van der Waals surface area contributed by atoms with Gasteiger partial charge in [-0.05, 0) is 26.0 Å². The molecule has 0 fully saturated rings. The minimum Gasteiger partial charge on any atom is -0.408 e. The molecule has 7 nitrogen and oxygen atoms in total. The second-order valence-corrected chi connectivity index (χ2v) is 6.45. The minimum atomic E-state index is -0.463. The van der Waals surface area contributed by atoms with E-state index in [0.29, 0.717) is 37.2 Å². The summed E-state index contributed by atoms with van der Waals surface area (Å²) in [6.07, 6.45) is 0.680. The number of rotatable bonds is 6. The molecule has 0 aliphatic carbocycles. The Morgan fingerprint density at radius 1 is 1.36 bits per heavy atom. The van der Waals surface area contributed by atoms with Crippen molar-refractivity contribution in [3.05, 3.63) is 39.1 Å². The quantitative estimate of drug-likeness (QED) is 0.707. The van der Waals surface area contributed by atoms with Gasteiger partial charge in [0.15, 0.2) is 5.58 Å². The fraction of sp³-hybridized carbons (Fsp3) is 0.353. The molecule has 1 aromatic carbocycles. The first kappa shape index (κ1) is 17.2. The van der Waals surface area contributed by atoms with Crippen molar-refractivity contribution < 1.29 is 9.21 Å². The van der Waals surface area contributed by atoms with Crippen LogP contribution in [-0.2, 0) is 6.42 Å². The van der Waals surface area contributed by atoms with Crippen LogP contribution in [0.5, 0.6) is 0 Å². The van der Waals surface area contributed by atoms with Gasteiger partial charge in [0.1, 0.15) is 0 Å². The summed E-state index contributed by atoms with van der Waals surface area (Å²) >= 11 is 1.55. The summed E-state index contributed by atoms with van der Waals surface area (Å²) in [6.45, 7) is 5.86. The predicted molar refractivity (Wildman–Crippen MR) is 98.0 cm³/mol. The van der Waals surface area contributed by atoms with Crippen LogP contribution in [0.1, 0.15) is 18.9 Å². The van der Waals surface area contributed by atoms with E-state index in [9.17, 15) is 9.59 Å². The van der Waals surface area contributed by atoms with Crippen molar-refractivity contribution in [1.29, 1.82) is 0 Å². The van der Waals surface area contributed by atoms with Gasteiger partial charge in [0.25, 0.3) is 0 Å². The molecule has 3 aromatic rings. The van der Waals surface area contributed by atoms with Gasteiger partial charge in [0.2, 0.25) is 0 Å². The molecule has 0 aliphatic rings. The number of carbonyl (C=O) groups excluding carboxylic acids is 1. The van der Waals surface area contributed by atoms with Crippen molar-refractivity contribution in [2.24, 2.45) is 0 Å². The van der Waals surface area contributed by atoms with E-state index >= 15 is 0 Å². The molecule has 2 N–H and O–H groups in total. The van der Waals surface area contributed by atoms with E-state index in [-0.39, 0.29) is 6.03 Å². The van der Waals surface area contributed by atoms with Crippen molar-refractivity contribution in [1.82, 2.24) is 20.2 Å². The Bertz CT molecular complexity index is 923. The van der Waals surface area contributed by atoms with Gasteiger partial charge >= 0.3 is 11.8 Å². The number of amides is 2. The number of aromatic amines is 1. The van der Waals surface area contributed by atoms with E-state index in [1.807, 2.05) is 25.3 Å². The van der Waals surface area contributed by atoms with E-state index < -0.39 is 5.76 Å². The number of aromatic nitrogens is 2. The van der Waals surface area contributed by atoms with E-state index in [1.165, 1.54) is 0 Å². The predicted octanol–water partition coefficient (Wildman–Crippen LogP) is 2.84. The van der Waals surface area contributed by atoms with E-state index in [0.717, 1.165) is 16.3 Å². The molecule has 0 aliphatic heterocycles.